The summed E-state index contributed by atoms with van der Waals surface area (Å²) in [7, 11) is 3.23. The van der Waals surface area contributed by atoms with Crippen molar-refractivity contribution in [3.8, 4) is 0 Å². The molecule has 2 N–H and O–H groups in total. The molecular formula is C10H15N3O2. The summed E-state index contributed by atoms with van der Waals surface area (Å²) in [4.78, 5) is 11.7. The lowest BCUT2D eigenvalue weighted by Crippen LogP contribution is -2.47. The molecular weight excluding hydrogens is 194 g/mol. The molecule has 1 aromatic heterocycles. The normalized spacial score (nSPS) is 24.7. The number of fused-ring (bicyclic) bond motifs is 1. The minimum atomic E-state index is -1.00. The van der Waals surface area contributed by atoms with Gasteiger partial charge in [-0.25, -0.2) is 4.79 Å². The highest BCUT2D eigenvalue weighted by Gasteiger charge is 2.42. The van der Waals surface area contributed by atoms with Gasteiger partial charge < -0.3 is 10.5 Å². The molecule has 0 fully saturated rings. The Morgan fingerprint density at radius 3 is 3.13 bits per heavy atom. The number of esters is 1. The predicted octanol–water partition coefficient (Wildman–Crippen LogP) is 0.0834. The summed E-state index contributed by atoms with van der Waals surface area (Å²) in [5, 5.41) is 4.14. The van der Waals surface area contributed by atoms with Gasteiger partial charge in [-0.05, 0) is 19.3 Å². The van der Waals surface area contributed by atoms with Crippen molar-refractivity contribution in [3.63, 3.8) is 0 Å². The third kappa shape index (κ3) is 1.34. The topological polar surface area (TPSA) is 70.1 Å². The van der Waals surface area contributed by atoms with Gasteiger partial charge in [0.2, 0.25) is 0 Å². The molecule has 0 saturated carbocycles. The lowest BCUT2D eigenvalue weighted by atomic mass is 9.80. The van der Waals surface area contributed by atoms with Crippen molar-refractivity contribution in [2.75, 3.05) is 7.11 Å². The van der Waals surface area contributed by atoms with Crippen molar-refractivity contribution in [2.45, 2.75) is 24.8 Å². The lowest BCUT2D eigenvalue weighted by molar-refractivity contribution is -0.148. The van der Waals surface area contributed by atoms with Crippen LogP contribution in [0.3, 0.4) is 0 Å². The number of ether oxygens (including phenoxy) is 1. The SMILES string of the molecule is COC(=O)C1(N)CCCc2c1cnn2C. The first-order chi connectivity index (χ1) is 7.09. The minimum Gasteiger partial charge on any atom is -0.467 e. The average molecular weight is 209 g/mol. The van der Waals surface area contributed by atoms with E-state index >= 15 is 0 Å². The quantitative estimate of drug-likeness (QED) is 0.665. The Bertz CT molecular complexity index is 399. The Balaban J connectivity index is 2.49. The number of methoxy groups -OCH3 is 1. The van der Waals surface area contributed by atoms with E-state index in [2.05, 4.69) is 5.10 Å². The highest BCUT2D eigenvalue weighted by Crippen LogP contribution is 2.33. The van der Waals surface area contributed by atoms with Crippen LogP contribution in [-0.2, 0) is 28.5 Å². The average Bonchev–Trinajstić information content (AvgIpc) is 2.61. The maximum absolute atomic E-state index is 11.7. The molecule has 0 saturated heterocycles. The third-order valence-electron chi connectivity index (χ3n) is 3.08. The molecule has 1 aliphatic rings. The monoisotopic (exact) mass is 209 g/mol. The predicted molar refractivity (Wildman–Crippen MR) is 54.0 cm³/mol. The van der Waals surface area contributed by atoms with Crippen LogP contribution in [0.2, 0.25) is 0 Å². The van der Waals surface area contributed by atoms with Gasteiger partial charge in [0.1, 0.15) is 5.54 Å². The van der Waals surface area contributed by atoms with Gasteiger partial charge in [-0.15, -0.1) is 0 Å². The molecule has 1 atom stereocenters. The van der Waals surface area contributed by atoms with Crippen LogP contribution in [0, 0.1) is 0 Å². The zero-order valence-electron chi connectivity index (χ0n) is 8.99. The largest absolute Gasteiger partial charge is 0.467 e. The number of rotatable bonds is 1. The zero-order chi connectivity index (χ0) is 11.1. The van der Waals surface area contributed by atoms with Gasteiger partial charge >= 0.3 is 5.97 Å². The fourth-order valence-electron chi connectivity index (χ4n) is 2.20. The van der Waals surface area contributed by atoms with E-state index in [0.29, 0.717) is 6.42 Å². The van der Waals surface area contributed by atoms with E-state index in [-0.39, 0.29) is 5.97 Å². The Hall–Kier alpha value is -1.36. The molecule has 5 heteroatoms. The number of hydrogen-bond acceptors (Lipinski definition) is 4. The van der Waals surface area contributed by atoms with Gasteiger partial charge in [0, 0.05) is 18.3 Å². The van der Waals surface area contributed by atoms with Crippen molar-refractivity contribution in [1.29, 1.82) is 0 Å². The second kappa shape index (κ2) is 3.34. The fraction of sp³-hybridized carbons (Fsp3) is 0.600. The third-order valence-corrected chi connectivity index (χ3v) is 3.08. The first kappa shape index (κ1) is 10.2. The van der Waals surface area contributed by atoms with Gasteiger partial charge in [0.15, 0.2) is 0 Å². The highest BCUT2D eigenvalue weighted by molar-refractivity contribution is 5.82. The van der Waals surface area contributed by atoms with Crippen LogP contribution in [-0.4, -0.2) is 22.9 Å². The summed E-state index contributed by atoms with van der Waals surface area (Å²) >= 11 is 0. The Morgan fingerprint density at radius 1 is 1.73 bits per heavy atom. The molecule has 1 unspecified atom stereocenters. The molecule has 0 aliphatic heterocycles. The van der Waals surface area contributed by atoms with E-state index in [9.17, 15) is 4.79 Å². The fourth-order valence-corrected chi connectivity index (χ4v) is 2.20. The Kier molecular flexibility index (Phi) is 2.26. The lowest BCUT2D eigenvalue weighted by Gasteiger charge is -2.30. The van der Waals surface area contributed by atoms with Crippen molar-refractivity contribution >= 4 is 5.97 Å². The first-order valence-corrected chi connectivity index (χ1v) is 4.98. The smallest absolute Gasteiger partial charge is 0.330 e. The van der Waals surface area contributed by atoms with E-state index in [4.69, 9.17) is 10.5 Å². The molecule has 0 bridgehead atoms. The van der Waals surface area contributed by atoms with E-state index in [1.807, 2.05) is 7.05 Å². The number of nitrogens with two attached hydrogens (primary N) is 1. The molecule has 0 spiro atoms. The minimum absolute atomic E-state index is 0.378. The van der Waals surface area contributed by atoms with Gasteiger partial charge in [-0.2, -0.15) is 5.10 Å². The van der Waals surface area contributed by atoms with Crippen LogP contribution in [0.4, 0.5) is 0 Å². The molecule has 1 aliphatic carbocycles. The molecule has 1 heterocycles. The molecule has 5 nitrogen and oxygen atoms in total. The second-order valence-electron chi connectivity index (χ2n) is 3.95. The Morgan fingerprint density at radius 2 is 2.47 bits per heavy atom. The maximum Gasteiger partial charge on any atom is 0.330 e. The van der Waals surface area contributed by atoms with Gasteiger partial charge in [-0.3, -0.25) is 4.68 Å². The molecule has 0 aromatic carbocycles. The number of carbonyl (C=O) groups excluding carboxylic acids is 1. The maximum atomic E-state index is 11.7. The van der Waals surface area contributed by atoms with Gasteiger partial charge in [0.25, 0.3) is 0 Å². The summed E-state index contributed by atoms with van der Waals surface area (Å²) in [6, 6.07) is 0. The van der Waals surface area contributed by atoms with Crippen LogP contribution in [0.5, 0.6) is 0 Å². The Labute approximate surface area is 88.2 Å². The van der Waals surface area contributed by atoms with Crippen molar-refractivity contribution in [2.24, 2.45) is 12.8 Å². The summed E-state index contributed by atoms with van der Waals surface area (Å²) in [5.74, 6) is -0.378. The van der Waals surface area contributed by atoms with E-state index in [0.717, 1.165) is 24.1 Å². The summed E-state index contributed by atoms with van der Waals surface area (Å²) in [5.41, 5.74) is 6.95. The summed E-state index contributed by atoms with van der Waals surface area (Å²) in [6.45, 7) is 0. The van der Waals surface area contributed by atoms with Gasteiger partial charge in [-0.1, -0.05) is 0 Å². The summed E-state index contributed by atoms with van der Waals surface area (Å²) in [6.07, 6.45) is 4.10. The molecule has 0 amide bonds. The highest BCUT2D eigenvalue weighted by atomic mass is 16.5. The number of carbonyl (C=O) groups is 1. The molecule has 0 radical (unpaired) electrons. The molecule has 2 rings (SSSR count). The van der Waals surface area contributed by atoms with Crippen LogP contribution < -0.4 is 5.73 Å². The van der Waals surface area contributed by atoms with Crippen molar-refractivity contribution in [1.82, 2.24) is 9.78 Å². The first-order valence-electron chi connectivity index (χ1n) is 4.98. The van der Waals surface area contributed by atoms with E-state index < -0.39 is 5.54 Å². The van der Waals surface area contributed by atoms with Crippen LogP contribution in [0.25, 0.3) is 0 Å². The van der Waals surface area contributed by atoms with Crippen molar-refractivity contribution in [3.05, 3.63) is 17.5 Å². The molecule has 82 valence electrons. The van der Waals surface area contributed by atoms with Gasteiger partial charge in [0.05, 0.1) is 13.3 Å². The number of aryl methyl sites for hydroxylation is 1. The van der Waals surface area contributed by atoms with E-state index in [1.54, 1.807) is 10.9 Å². The standard InChI is InChI=1S/C10H15N3O2/c1-13-8-4-3-5-10(11,9(14)15-2)7(8)6-12-13/h6H,3-5,11H2,1-2H3. The second-order valence-corrected chi connectivity index (χ2v) is 3.95. The zero-order valence-corrected chi connectivity index (χ0v) is 8.99. The summed E-state index contributed by atoms with van der Waals surface area (Å²) < 4.78 is 6.53. The van der Waals surface area contributed by atoms with E-state index in [1.165, 1.54) is 7.11 Å². The number of hydrogen-bond donors (Lipinski definition) is 1. The molecule has 15 heavy (non-hydrogen) atoms. The van der Waals surface area contributed by atoms with Crippen LogP contribution >= 0.6 is 0 Å². The number of aromatic nitrogens is 2. The van der Waals surface area contributed by atoms with Crippen LogP contribution in [0.1, 0.15) is 24.1 Å². The molecule has 1 aromatic rings. The number of nitrogens with zero attached hydrogens (tertiary/aromatic N) is 2. The van der Waals surface area contributed by atoms with Crippen LogP contribution in [0.15, 0.2) is 6.20 Å². The van der Waals surface area contributed by atoms with Crippen molar-refractivity contribution < 1.29 is 9.53 Å².